The molecule has 2 fully saturated rings. The molecule has 4 rings (SSSR count). The van der Waals surface area contributed by atoms with E-state index in [0.29, 0.717) is 25.5 Å². The lowest BCUT2D eigenvalue weighted by Gasteiger charge is -2.37. The van der Waals surface area contributed by atoms with Crippen LogP contribution in [0.4, 0.5) is 8.78 Å². The molecule has 0 aromatic heterocycles. The highest BCUT2D eigenvalue weighted by molar-refractivity contribution is 7.89. The number of methoxy groups -OCH3 is 1. The normalized spacial score (nSPS) is 20.7. The van der Waals surface area contributed by atoms with Gasteiger partial charge in [-0.05, 0) is 61.6 Å². The summed E-state index contributed by atoms with van der Waals surface area (Å²) in [5.41, 5.74) is 1.08. The fourth-order valence-corrected chi connectivity index (χ4v) is 6.39. The molecule has 0 N–H and O–H groups in total. The number of benzene rings is 2. The Morgan fingerprint density at radius 2 is 1.62 bits per heavy atom. The molecule has 0 radical (unpaired) electrons. The van der Waals surface area contributed by atoms with Gasteiger partial charge in [0.25, 0.3) is 0 Å². The van der Waals surface area contributed by atoms with Crippen LogP contribution in [0.2, 0.25) is 0 Å². The topological polar surface area (TPSA) is 66.9 Å². The first kappa shape index (κ1) is 24.6. The van der Waals surface area contributed by atoms with Gasteiger partial charge in [0.05, 0.1) is 18.0 Å². The number of ether oxygens (including phenoxy) is 1. The Labute approximate surface area is 199 Å². The summed E-state index contributed by atoms with van der Waals surface area (Å²) in [5, 5.41) is 0. The number of hydrogen-bond acceptors (Lipinski definition) is 4. The highest BCUT2D eigenvalue weighted by Gasteiger charge is 2.36. The van der Waals surface area contributed by atoms with Crippen molar-refractivity contribution in [1.29, 1.82) is 0 Å². The second-order valence-corrected chi connectivity index (χ2v) is 10.9. The lowest BCUT2D eigenvalue weighted by Crippen LogP contribution is -2.45. The highest BCUT2D eigenvalue weighted by atomic mass is 32.2. The number of halogens is 2. The molecule has 2 saturated heterocycles. The molecule has 1 atom stereocenters. The molecule has 0 aliphatic carbocycles. The van der Waals surface area contributed by atoms with E-state index in [9.17, 15) is 22.0 Å². The minimum atomic E-state index is -3.95. The third-order valence-electron chi connectivity index (χ3n) is 6.87. The molecule has 6 nitrogen and oxygen atoms in total. The van der Waals surface area contributed by atoms with Gasteiger partial charge in [0.1, 0.15) is 5.75 Å². The van der Waals surface area contributed by atoms with E-state index in [1.807, 2.05) is 29.2 Å². The van der Waals surface area contributed by atoms with E-state index in [1.165, 1.54) is 4.31 Å². The molecule has 2 aromatic rings. The van der Waals surface area contributed by atoms with Crippen molar-refractivity contribution >= 4 is 15.9 Å². The van der Waals surface area contributed by atoms with Gasteiger partial charge in [-0.2, -0.15) is 4.31 Å². The van der Waals surface area contributed by atoms with Crippen molar-refractivity contribution in [3.05, 3.63) is 59.7 Å². The van der Waals surface area contributed by atoms with Gasteiger partial charge in [-0.3, -0.25) is 4.79 Å². The zero-order valence-corrected chi connectivity index (χ0v) is 20.1. The third-order valence-corrected chi connectivity index (χ3v) is 8.76. The van der Waals surface area contributed by atoms with Crippen LogP contribution in [0.15, 0.2) is 47.4 Å². The van der Waals surface area contributed by atoms with Crippen LogP contribution in [0.5, 0.6) is 5.75 Å². The van der Waals surface area contributed by atoms with Gasteiger partial charge >= 0.3 is 0 Å². The fraction of sp³-hybridized carbons (Fsp3) is 0.480. The molecule has 0 saturated carbocycles. The Kier molecular flexibility index (Phi) is 7.52. The third kappa shape index (κ3) is 5.10. The van der Waals surface area contributed by atoms with Gasteiger partial charge in [0.2, 0.25) is 15.9 Å². The van der Waals surface area contributed by atoms with E-state index in [2.05, 4.69) is 0 Å². The van der Waals surface area contributed by atoms with Gasteiger partial charge in [-0.25, -0.2) is 17.2 Å². The molecule has 9 heteroatoms. The van der Waals surface area contributed by atoms with Crippen LogP contribution in [-0.2, 0) is 14.8 Å². The molecule has 34 heavy (non-hydrogen) atoms. The van der Waals surface area contributed by atoms with Gasteiger partial charge in [0, 0.05) is 25.6 Å². The van der Waals surface area contributed by atoms with Crippen molar-refractivity contribution in [2.24, 2.45) is 5.92 Å². The zero-order chi connectivity index (χ0) is 24.3. The quantitative estimate of drug-likeness (QED) is 0.616. The van der Waals surface area contributed by atoms with E-state index >= 15 is 0 Å². The number of likely N-dealkylation sites (tertiary alicyclic amines) is 1. The standard InChI is InChI=1S/C25H30F2N2O4S/c1-33-20-8-6-18(7-9-20)24-5-3-2-4-14-29(24)25(30)19-12-15-28(16-13-19)34(31,32)21-10-11-22(26)23(27)17-21/h6-11,17,19,24H,2-5,12-16H2,1H3/t24-/m0/s1. The van der Waals surface area contributed by atoms with Gasteiger partial charge < -0.3 is 9.64 Å². The Morgan fingerprint density at radius 3 is 2.26 bits per heavy atom. The number of amides is 1. The first-order valence-corrected chi connectivity index (χ1v) is 13.1. The molecule has 2 aromatic carbocycles. The Balaban J connectivity index is 1.46. The predicted octanol–water partition coefficient (Wildman–Crippen LogP) is 4.52. The Morgan fingerprint density at radius 1 is 0.912 bits per heavy atom. The van der Waals surface area contributed by atoms with Gasteiger partial charge in [0.15, 0.2) is 11.6 Å². The van der Waals surface area contributed by atoms with Crippen LogP contribution in [0.25, 0.3) is 0 Å². The van der Waals surface area contributed by atoms with E-state index < -0.39 is 21.7 Å². The molecule has 1 amide bonds. The summed E-state index contributed by atoms with van der Waals surface area (Å²) in [4.78, 5) is 15.3. The molecule has 184 valence electrons. The highest BCUT2D eigenvalue weighted by Crippen LogP contribution is 2.34. The summed E-state index contributed by atoms with van der Waals surface area (Å²) in [6.45, 7) is 1.01. The lowest BCUT2D eigenvalue weighted by atomic mass is 9.94. The largest absolute Gasteiger partial charge is 0.497 e. The monoisotopic (exact) mass is 492 g/mol. The number of piperidine rings is 1. The van der Waals surface area contributed by atoms with Crippen LogP contribution < -0.4 is 4.74 Å². The van der Waals surface area contributed by atoms with Crippen molar-refractivity contribution in [2.75, 3.05) is 26.7 Å². The summed E-state index contributed by atoms with van der Waals surface area (Å²) >= 11 is 0. The number of carbonyl (C=O) groups excluding carboxylic acids is 1. The maximum atomic E-state index is 13.6. The van der Waals surface area contributed by atoms with E-state index in [-0.39, 0.29) is 35.9 Å². The summed E-state index contributed by atoms with van der Waals surface area (Å²) in [6.07, 6.45) is 4.75. The number of carbonyl (C=O) groups is 1. The predicted molar refractivity (Wildman–Crippen MR) is 124 cm³/mol. The first-order valence-electron chi connectivity index (χ1n) is 11.7. The van der Waals surface area contributed by atoms with Gasteiger partial charge in [-0.1, -0.05) is 25.0 Å². The minimum Gasteiger partial charge on any atom is -0.497 e. The molecule has 0 unspecified atom stereocenters. The molecular weight excluding hydrogens is 462 g/mol. The number of rotatable bonds is 5. The zero-order valence-electron chi connectivity index (χ0n) is 19.3. The Bertz CT molecular complexity index is 1120. The first-order chi connectivity index (χ1) is 16.3. The number of sulfonamides is 1. The second-order valence-electron chi connectivity index (χ2n) is 8.92. The molecule has 2 heterocycles. The van der Waals surface area contributed by atoms with E-state index in [4.69, 9.17) is 4.74 Å². The van der Waals surface area contributed by atoms with Crippen LogP contribution in [0.1, 0.15) is 50.1 Å². The van der Waals surface area contributed by atoms with Crippen molar-refractivity contribution < 1.29 is 26.7 Å². The average Bonchev–Trinajstić information content (AvgIpc) is 3.11. The number of hydrogen-bond donors (Lipinski definition) is 0. The van der Waals surface area contributed by atoms with Gasteiger partial charge in [-0.15, -0.1) is 0 Å². The van der Waals surface area contributed by atoms with Crippen LogP contribution in [0, 0.1) is 17.6 Å². The molecular formula is C25H30F2N2O4S. The van der Waals surface area contributed by atoms with Crippen molar-refractivity contribution in [2.45, 2.75) is 49.5 Å². The van der Waals surface area contributed by atoms with E-state index in [1.54, 1.807) is 7.11 Å². The average molecular weight is 493 g/mol. The second kappa shape index (κ2) is 10.4. The lowest BCUT2D eigenvalue weighted by molar-refractivity contribution is -0.139. The summed E-state index contributed by atoms with van der Waals surface area (Å²) in [7, 11) is -2.33. The van der Waals surface area contributed by atoms with Crippen LogP contribution >= 0.6 is 0 Å². The summed E-state index contributed by atoms with van der Waals surface area (Å²) in [5.74, 6) is -1.73. The Hall–Kier alpha value is -2.52. The van der Waals surface area contributed by atoms with Crippen molar-refractivity contribution in [3.8, 4) is 5.75 Å². The number of nitrogens with zero attached hydrogens (tertiary/aromatic N) is 2. The molecule has 0 spiro atoms. The smallest absolute Gasteiger partial charge is 0.243 e. The maximum Gasteiger partial charge on any atom is 0.243 e. The van der Waals surface area contributed by atoms with E-state index in [0.717, 1.165) is 49.1 Å². The summed E-state index contributed by atoms with van der Waals surface area (Å²) in [6, 6.07) is 10.4. The van der Waals surface area contributed by atoms with Crippen LogP contribution in [-0.4, -0.2) is 50.3 Å². The van der Waals surface area contributed by atoms with Crippen molar-refractivity contribution in [3.63, 3.8) is 0 Å². The summed E-state index contributed by atoms with van der Waals surface area (Å²) < 4.78 is 59.1. The fourth-order valence-electron chi connectivity index (χ4n) is 4.91. The maximum absolute atomic E-state index is 13.6. The molecule has 2 aliphatic rings. The SMILES string of the molecule is COc1ccc([C@@H]2CCCCCN2C(=O)C2CCN(S(=O)(=O)c3ccc(F)c(F)c3)CC2)cc1. The van der Waals surface area contributed by atoms with Crippen LogP contribution in [0.3, 0.4) is 0 Å². The van der Waals surface area contributed by atoms with Crippen molar-refractivity contribution in [1.82, 2.24) is 9.21 Å². The minimum absolute atomic E-state index is 0.00939. The molecule has 2 aliphatic heterocycles. The molecule has 0 bridgehead atoms.